The number of ether oxygens (including phenoxy) is 1. The summed E-state index contributed by atoms with van der Waals surface area (Å²) in [6, 6.07) is 10.2. The van der Waals surface area contributed by atoms with Gasteiger partial charge in [0.15, 0.2) is 6.10 Å². The molecule has 0 aliphatic rings. The average molecular weight is 406 g/mol. The Kier molecular flexibility index (Phi) is 6.42. The maximum atomic E-state index is 12.3. The first-order valence-electron chi connectivity index (χ1n) is 8.36. The third-order valence-corrected chi connectivity index (χ3v) is 5.72. The summed E-state index contributed by atoms with van der Waals surface area (Å²) in [5.74, 6) is -1.72. The minimum atomic E-state index is -3.65. The van der Waals surface area contributed by atoms with Crippen molar-refractivity contribution in [2.24, 2.45) is 0 Å². The number of aromatic hydroxyl groups is 1. The first-order valence-corrected chi connectivity index (χ1v) is 9.80. The quantitative estimate of drug-likeness (QED) is 0.711. The Hall–Kier alpha value is -2.91. The highest BCUT2D eigenvalue weighted by Gasteiger charge is 2.22. The Bertz CT molecular complexity index is 1000. The van der Waals surface area contributed by atoms with Gasteiger partial charge in [-0.25, -0.2) is 17.5 Å². The molecule has 0 aliphatic carbocycles. The van der Waals surface area contributed by atoms with E-state index < -0.39 is 28.0 Å². The minimum Gasteiger partial charge on any atom is -0.507 e. The molecule has 150 valence electrons. The van der Waals surface area contributed by atoms with Crippen LogP contribution in [0.3, 0.4) is 0 Å². The highest BCUT2D eigenvalue weighted by atomic mass is 32.2. The lowest BCUT2D eigenvalue weighted by Gasteiger charge is -2.15. The topological polar surface area (TPSA) is 113 Å². The number of benzene rings is 2. The Morgan fingerprint density at radius 1 is 1.14 bits per heavy atom. The molecular formula is C19H22N2O6S. The van der Waals surface area contributed by atoms with Crippen molar-refractivity contribution >= 4 is 27.6 Å². The van der Waals surface area contributed by atoms with E-state index in [1.165, 1.54) is 57.4 Å². The summed E-state index contributed by atoms with van der Waals surface area (Å²) < 4.78 is 30.5. The Labute approximate surface area is 163 Å². The lowest BCUT2D eigenvalue weighted by atomic mass is 10.1. The van der Waals surface area contributed by atoms with Gasteiger partial charge < -0.3 is 15.2 Å². The summed E-state index contributed by atoms with van der Waals surface area (Å²) >= 11 is 0. The third kappa shape index (κ3) is 4.87. The van der Waals surface area contributed by atoms with Gasteiger partial charge in [-0.1, -0.05) is 12.1 Å². The van der Waals surface area contributed by atoms with Crippen LogP contribution >= 0.6 is 0 Å². The van der Waals surface area contributed by atoms with Gasteiger partial charge in [0, 0.05) is 19.8 Å². The molecular weight excluding hydrogens is 384 g/mol. The second-order valence-corrected chi connectivity index (χ2v) is 8.52. The minimum absolute atomic E-state index is 0.0181. The van der Waals surface area contributed by atoms with Crippen LogP contribution in [0.15, 0.2) is 47.4 Å². The van der Waals surface area contributed by atoms with Crippen LogP contribution in [0.5, 0.6) is 5.75 Å². The van der Waals surface area contributed by atoms with E-state index in [0.29, 0.717) is 0 Å². The second-order valence-electron chi connectivity index (χ2n) is 6.37. The molecule has 2 N–H and O–H groups in total. The van der Waals surface area contributed by atoms with Crippen molar-refractivity contribution in [3.05, 3.63) is 53.6 Å². The molecule has 0 radical (unpaired) electrons. The molecule has 0 aromatic heterocycles. The SMILES string of the molecule is Cc1ccc(C(=O)O[C@@H](C)C(=O)Nc2cccc(S(=O)(=O)N(C)C)c2)c(O)c1. The summed E-state index contributed by atoms with van der Waals surface area (Å²) in [4.78, 5) is 24.5. The predicted molar refractivity (Wildman–Crippen MR) is 104 cm³/mol. The predicted octanol–water partition coefficient (Wildman–Crippen LogP) is 2.13. The number of aryl methyl sites for hydroxylation is 1. The number of phenols is 1. The molecule has 2 aromatic rings. The molecule has 8 nitrogen and oxygen atoms in total. The number of phenolic OH excluding ortho intramolecular Hbond substituents is 1. The molecule has 0 saturated carbocycles. The van der Waals surface area contributed by atoms with Gasteiger partial charge in [-0.3, -0.25) is 4.79 Å². The number of esters is 1. The van der Waals surface area contributed by atoms with Gasteiger partial charge in [-0.2, -0.15) is 0 Å². The van der Waals surface area contributed by atoms with Crippen LogP contribution in [0, 0.1) is 6.92 Å². The van der Waals surface area contributed by atoms with E-state index in [0.717, 1.165) is 9.87 Å². The van der Waals surface area contributed by atoms with E-state index in [2.05, 4.69) is 5.32 Å². The molecule has 0 unspecified atom stereocenters. The number of nitrogens with one attached hydrogen (secondary N) is 1. The van der Waals surface area contributed by atoms with Gasteiger partial charge in [-0.15, -0.1) is 0 Å². The molecule has 1 amide bonds. The Morgan fingerprint density at radius 3 is 2.43 bits per heavy atom. The molecule has 2 aromatic carbocycles. The lowest BCUT2D eigenvalue weighted by Crippen LogP contribution is -2.30. The van der Waals surface area contributed by atoms with Gasteiger partial charge in [0.05, 0.1) is 4.90 Å². The molecule has 28 heavy (non-hydrogen) atoms. The number of hydrogen-bond acceptors (Lipinski definition) is 6. The van der Waals surface area contributed by atoms with Crippen LogP contribution in [0.1, 0.15) is 22.8 Å². The zero-order valence-corrected chi connectivity index (χ0v) is 16.8. The van der Waals surface area contributed by atoms with Crippen molar-refractivity contribution in [3.63, 3.8) is 0 Å². The van der Waals surface area contributed by atoms with Crippen LogP contribution < -0.4 is 5.32 Å². The molecule has 0 fully saturated rings. The fourth-order valence-electron chi connectivity index (χ4n) is 2.28. The van der Waals surface area contributed by atoms with Crippen LogP contribution in [0.25, 0.3) is 0 Å². The van der Waals surface area contributed by atoms with Gasteiger partial charge in [0.1, 0.15) is 11.3 Å². The number of carbonyl (C=O) groups is 2. The lowest BCUT2D eigenvalue weighted by molar-refractivity contribution is -0.123. The van der Waals surface area contributed by atoms with Gasteiger partial charge in [-0.05, 0) is 49.7 Å². The van der Waals surface area contributed by atoms with E-state index in [1.54, 1.807) is 13.0 Å². The number of amides is 1. The molecule has 9 heteroatoms. The second kappa shape index (κ2) is 8.41. The van der Waals surface area contributed by atoms with Gasteiger partial charge >= 0.3 is 5.97 Å². The third-order valence-electron chi connectivity index (χ3n) is 3.91. The Morgan fingerprint density at radius 2 is 1.82 bits per heavy atom. The monoisotopic (exact) mass is 406 g/mol. The zero-order chi connectivity index (χ0) is 21.1. The van der Waals surface area contributed by atoms with Gasteiger partial charge in [0.25, 0.3) is 5.91 Å². The van der Waals surface area contributed by atoms with E-state index in [4.69, 9.17) is 4.74 Å². The molecule has 0 spiro atoms. The van der Waals surface area contributed by atoms with Crippen molar-refractivity contribution in [1.82, 2.24) is 4.31 Å². The fraction of sp³-hybridized carbons (Fsp3) is 0.263. The molecule has 2 rings (SSSR count). The van der Waals surface area contributed by atoms with Crippen molar-refractivity contribution in [2.75, 3.05) is 19.4 Å². The highest BCUT2D eigenvalue weighted by Crippen LogP contribution is 2.21. The number of hydrogen-bond donors (Lipinski definition) is 2. The summed E-state index contributed by atoms with van der Waals surface area (Å²) in [5, 5.41) is 12.3. The number of carbonyl (C=O) groups excluding carboxylic acids is 2. The van der Waals surface area contributed by atoms with E-state index in [1.807, 2.05) is 0 Å². The van der Waals surface area contributed by atoms with Crippen molar-refractivity contribution < 1.29 is 27.9 Å². The summed E-state index contributed by atoms with van der Waals surface area (Å²) in [7, 11) is -0.839. The summed E-state index contributed by atoms with van der Waals surface area (Å²) in [6.45, 7) is 3.13. The standard InChI is InChI=1S/C19H22N2O6S/c1-12-8-9-16(17(22)10-12)19(24)27-13(2)18(23)20-14-6-5-7-15(11-14)28(25,26)21(3)4/h5-11,13,22H,1-4H3,(H,20,23)/t13-/m0/s1. The molecule has 0 saturated heterocycles. The maximum absolute atomic E-state index is 12.3. The first kappa shape index (κ1) is 21.4. The molecule has 0 heterocycles. The van der Waals surface area contributed by atoms with Crippen LogP contribution in [-0.2, 0) is 19.6 Å². The summed E-state index contributed by atoms with van der Waals surface area (Å²) in [5.41, 5.74) is 0.964. The molecule has 1 atom stereocenters. The largest absolute Gasteiger partial charge is 0.507 e. The van der Waals surface area contributed by atoms with E-state index in [-0.39, 0.29) is 21.9 Å². The van der Waals surface area contributed by atoms with E-state index in [9.17, 15) is 23.1 Å². The smallest absolute Gasteiger partial charge is 0.342 e. The molecule has 0 bridgehead atoms. The van der Waals surface area contributed by atoms with Crippen molar-refractivity contribution in [3.8, 4) is 5.75 Å². The number of sulfonamides is 1. The first-order chi connectivity index (χ1) is 13.0. The number of anilines is 1. The summed E-state index contributed by atoms with van der Waals surface area (Å²) in [6.07, 6.45) is -1.16. The van der Waals surface area contributed by atoms with Crippen LogP contribution in [0.4, 0.5) is 5.69 Å². The fourth-order valence-corrected chi connectivity index (χ4v) is 3.23. The van der Waals surface area contributed by atoms with Crippen molar-refractivity contribution in [1.29, 1.82) is 0 Å². The van der Waals surface area contributed by atoms with Crippen LogP contribution in [0.2, 0.25) is 0 Å². The zero-order valence-electron chi connectivity index (χ0n) is 16.0. The number of rotatable bonds is 6. The van der Waals surface area contributed by atoms with Gasteiger partial charge in [0.2, 0.25) is 10.0 Å². The maximum Gasteiger partial charge on any atom is 0.342 e. The van der Waals surface area contributed by atoms with E-state index >= 15 is 0 Å². The number of nitrogens with zero attached hydrogens (tertiary/aromatic N) is 1. The highest BCUT2D eigenvalue weighted by molar-refractivity contribution is 7.89. The normalized spacial score (nSPS) is 12.5. The molecule has 0 aliphatic heterocycles. The van der Waals surface area contributed by atoms with Crippen LogP contribution in [-0.4, -0.2) is 49.9 Å². The Balaban J connectivity index is 2.09. The van der Waals surface area contributed by atoms with Crippen molar-refractivity contribution in [2.45, 2.75) is 24.8 Å². The average Bonchev–Trinajstić information content (AvgIpc) is 2.61.